The number of nitrogens with one attached hydrogen (secondary N) is 3. The highest BCUT2D eigenvalue weighted by Gasteiger charge is 2.53. The maximum absolute atomic E-state index is 13.6. The third kappa shape index (κ3) is 13.2. The first-order chi connectivity index (χ1) is 37.0. The van der Waals surface area contributed by atoms with Crippen molar-refractivity contribution in [2.45, 2.75) is 147 Å². The first-order valence-electron chi connectivity index (χ1n) is 27.1. The number of hydrogen-bond acceptors (Lipinski definition) is 16. The van der Waals surface area contributed by atoms with E-state index in [0.717, 1.165) is 74.1 Å². The fraction of sp³-hybridized carbons (Fsp3) is 0.536. The van der Waals surface area contributed by atoms with Gasteiger partial charge in [-0.15, -0.1) is 10.2 Å². The molecule has 2 aromatic heterocycles. The van der Waals surface area contributed by atoms with Crippen LogP contribution in [-0.4, -0.2) is 131 Å². The van der Waals surface area contributed by atoms with Crippen LogP contribution in [-0.2, 0) is 35.2 Å². The summed E-state index contributed by atoms with van der Waals surface area (Å²) in [4.78, 5) is 74.9. The number of ether oxygens (including phenoxy) is 5. The van der Waals surface area contributed by atoms with Crippen LogP contribution < -0.4 is 46.7 Å². The fourth-order valence-corrected chi connectivity index (χ4v) is 10.9. The number of pyridine rings is 1. The van der Waals surface area contributed by atoms with Gasteiger partial charge in [-0.05, 0) is 121 Å². The number of carbonyl (C=O) groups excluding carboxylic acids is 5. The van der Waals surface area contributed by atoms with Crippen LogP contribution in [0.15, 0.2) is 72.9 Å². The van der Waals surface area contributed by atoms with E-state index in [2.05, 4.69) is 53.1 Å². The quantitative estimate of drug-likeness (QED) is 0.0360. The lowest BCUT2D eigenvalue weighted by Crippen LogP contribution is -2.56. The van der Waals surface area contributed by atoms with Crippen LogP contribution in [0.5, 0.6) is 11.6 Å². The molecule has 2 saturated carbocycles. The molecule has 2 aliphatic carbocycles. The third-order valence-electron chi connectivity index (χ3n) is 15.1. The summed E-state index contributed by atoms with van der Waals surface area (Å²) in [5.74, 6) is -0.0432. The monoisotopic (exact) mass is 1060 g/mol. The predicted molar refractivity (Wildman–Crippen MR) is 288 cm³/mol. The molecule has 2 bridgehead atoms. The molecule has 5 heterocycles. The maximum Gasteiger partial charge on any atom is 0.410 e. The van der Waals surface area contributed by atoms with Crippen molar-refractivity contribution in [3.05, 3.63) is 78.5 Å². The molecular weight excluding hydrogens is 987 g/mol. The molecule has 0 radical (unpaired) electrons. The minimum Gasteiger partial charge on any atom is -0.488 e. The highest BCUT2D eigenvalue weighted by atomic mass is 16.6. The third-order valence-corrected chi connectivity index (χ3v) is 15.1. The Morgan fingerprint density at radius 2 is 1.61 bits per heavy atom. The number of amides is 5. The van der Waals surface area contributed by atoms with Gasteiger partial charge in [-0.2, -0.15) is 0 Å². The molecule has 77 heavy (non-hydrogen) atoms. The van der Waals surface area contributed by atoms with Gasteiger partial charge in [0.2, 0.25) is 17.7 Å². The zero-order valence-electron chi connectivity index (χ0n) is 44.5. The minimum absolute atomic E-state index is 0.0330. The van der Waals surface area contributed by atoms with E-state index < -0.39 is 40.9 Å². The van der Waals surface area contributed by atoms with Crippen molar-refractivity contribution in [3.8, 4) is 22.9 Å². The molecule has 2 aromatic carbocycles. The molecular formula is C56H73N11O10. The van der Waals surface area contributed by atoms with Gasteiger partial charge in [0, 0.05) is 86.9 Å². The molecule has 3 aliphatic heterocycles. The van der Waals surface area contributed by atoms with E-state index in [0.29, 0.717) is 67.6 Å². The zero-order valence-corrected chi connectivity index (χ0v) is 44.5. The second-order valence-corrected chi connectivity index (χ2v) is 21.8. The number of rotatable bonds is 20. The first kappa shape index (κ1) is 54.4. The van der Waals surface area contributed by atoms with Gasteiger partial charge in [0.1, 0.15) is 35.5 Å². The number of para-hydroxylation sites is 1. The standard InChI is InChI=1S/C56H73N11O10/c1-5-73-52(70)56(22-9-23-56)51(69)62-44(11-8-24-60-53(58)71)50(68)61-36-15-13-35(14-16-36)34-74-47-12-7-6-10-43(47)45-31-46(49(57)64-63-45)66-32-38-17-18-39(33-66)67(38)37-19-25-59-48(28-37)76-42-29-41(30-42)75-40-20-26-65(27-21-40)54(72)77-55(2,3)4/h6-7,10,12-16,19,25,28,31,38-42,44H,5,8-9,11,17-18,20-24,26-27,29-30,32-34H2,1-4H3,(H2,57,64)(H,61,68)(H,62,69)(H3,58,60,71)/t38-,39?,41?,42?,44+/m1/s1. The van der Waals surface area contributed by atoms with E-state index in [9.17, 15) is 24.0 Å². The minimum atomic E-state index is -1.32. The lowest BCUT2D eigenvalue weighted by molar-refractivity contribution is -0.167. The Labute approximate surface area is 449 Å². The first-order valence-corrected chi connectivity index (χ1v) is 27.1. The number of piperidine rings is 1. The average molecular weight is 1060 g/mol. The molecule has 5 amide bonds. The van der Waals surface area contributed by atoms with Crippen LogP contribution >= 0.6 is 0 Å². The molecule has 7 N–H and O–H groups in total. The molecule has 3 saturated heterocycles. The summed E-state index contributed by atoms with van der Waals surface area (Å²) < 4.78 is 29.9. The van der Waals surface area contributed by atoms with Crippen LogP contribution in [0.25, 0.3) is 11.3 Å². The van der Waals surface area contributed by atoms with Gasteiger partial charge in [-0.1, -0.05) is 30.7 Å². The highest BCUT2D eigenvalue weighted by Crippen LogP contribution is 2.43. The number of aromatic nitrogens is 3. The number of likely N-dealkylation sites (tertiary alicyclic amines) is 1. The molecule has 3 atom stereocenters. The number of carbonyl (C=O) groups is 5. The van der Waals surface area contributed by atoms with Crippen molar-refractivity contribution >= 4 is 52.8 Å². The molecule has 0 spiro atoms. The fourth-order valence-electron chi connectivity index (χ4n) is 10.9. The topological polar surface area (TPSA) is 268 Å². The molecule has 5 aliphatic rings. The normalized spacial score (nSPS) is 21.2. The Kier molecular flexibility index (Phi) is 16.8. The van der Waals surface area contributed by atoms with Crippen LogP contribution in [0.3, 0.4) is 0 Å². The molecule has 412 valence electrons. The van der Waals surface area contributed by atoms with Gasteiger partial charge in [-0.3, -0.25) is 14.4 Å². The molecule has 4 aromatic rings. The number of hydrogen-bond donors (Lipinski definition) is 5. The smallest absolute Gasteiger partial charge is 0.410 e. The van der Waals surface area contributed by atoms with Gasteiger partial charge in [0.25, 0.3) is 0 Å². The SMILES string of the molecule is CCOC(=O)C1(C(=O)N[C@@H](CCCNC(N)=O)C(=O)Nc2ccc(COc3ccccc3-c3cc(N4CC5CC[C@H](C4)N5c4ccnc(OC5CC(OC6CCN(C(=O)OC(C)(C)C)CC6)C5)c4)c(N)nn3)cc2)CCC1. The van der Waals surface area contributed by atoms with E-state index in [1.54, 1.807) is 24.0 Å². The highest BCUT2D eigenvalue weighted by molar-refractivity contribution is 6.06. The Balaban J connectivity index is 0.771. The molecule has 5 fully saturated rings. The predicted octanol–water partition coefficient (Wildman–Crippen LogP) is 6.49. The number of esters is 1. The summed E-state index contributed by atoms with van der Waals surface area (Å²) in [5.41, 5.74) is 14.6. The molecule has 9 rings (SSSR count). The van der Waals surface area contributed by atoms with Crippen LogP contribution in [0.2, 0.25) is 0 Å². The Morgan fingerprint density at radius 1 is 0.883 bits per heavy atom. The summed E-state index contributed by atoms with van der Waals surface area (Å²) in [7, 11) is 0. The van der Waals surface area contributed by atoms with Gasteiger partial charge in [0.15, 0.2) is 5.82 Å². The van der Waals surface area contributed by atoms with Gasteiger partial charge in [0.05, 0.1) is 30.2 Å². The number of nitrogen functional groups attached to an aromatic ring is 1. The van der Waals surface area contributed by atoms with Crippen molar-refractivity contribution in [2.24, 2.45) is 11.1 Å². The zero-order chi connectivity index (χ0) is 54.3. The maximum atomic E-state index is 13.6. The van der Waals surface area contributed by atoms with E-state index in [1.807, 2.05) is 69.4 Å². The second-order valence-electron chi connectivity index (χ2n) is 21.8. The van der Waals surface area contributed by atoms with Crippen molar-refractivity contribution < 1.29 is 47.7 Å². The largest absolute Gasteiger partial charge is 0.488 e. The van der Waals surface area contributed by atoms with Crippen molar-refractivity contribution in [3.63, 3.8) is 0 Å². The van der Waals surface area contributed by atoms with Gasteiger partial charge >= 0.3 is 18.1 Å². The number of urea groups is 1. The van der Waals surface area contributed by atoms with E-state index in [-0.39, 0.29) is 62.7 Å². The number of nitrogens with zero attached hydrogens (tertiary/aromatic N) is 6. The average Bonchev–Trinajstić information content (AvgIpc) is 3.68. The summed E-state index contributed by atoms with van der Waals surface area (Å²) in [6.07, 6.45) is 9.01. The Hall–Kier alpha value is -7.42. The van der Waals surface area contributed by atoms with Crippen molar-refractivity contribution in [2.75, 3.05) is 60.2 Å². The van der Waals surface area contributed by atoms with Crippen LogP contribution in [0.1, 0.15) is 104 Å². The number of nitrogens with two attached hydrogens (primary N) is 2. The molecule has 21 heteroatoms. The van der Waals surface area contributed by atoms with E-state index in [4.69, 9.17) is 35.2 Å². The Bertz CT molecular complexity index is 2730. The van der Waals surface area contributed by atoms with Crippen molar-refractivity contribution in [1.82, 2.24) is 30.7 Å². The van der Waals surface area contributed by atoms with E-state index in [1.165, 1.54) is 0 Å². The number of benzene rings is 2. The number of fused-ring (bicyclic) bond motifs is 2. The van der Waals surface area contributed by atoms with Crippen LogP contribution in [0.4, 0.5) is 32.5 Å². The summed E-state index contributed by atoms with van der Waals surface area (Å²) in [5, 5.41) is 17.1. The Morgan fingerprint density at radius 3 is 2.29 bits per heavy atom. The number of piperazine rings is 1. The summed E-state index contributed by atoms with van der Waals surface area (Å²) in [6.45, 7) is 10.6. The van der Waals surface area contributed by atoms with Gasteiger partial charge in [-0.25, -0.2) is 14.6 Å². The summed E-state index contributed by atoms with van der Waals surface area (Å²) in [6, 6.07) is 19.7. The lowest BCUT2D eigenvalue weighted by Gasteiger charge is -2.43. The van der Waals surface area contributed by atoms with Crippen molar-refractivity contribution in [1.29, 1.82) is 0 Å². The van der Waals surface area contributed by atoms with Crippen LogP contribution in [0, 0.1) is 5.41 Å². The second kappa shape index (κ2) is 23.9. The molecule has 1 unspecified atom stereocenters. The summed E-state index contributed by atoms with van der Waals surface area (Å²) >= 11 is 0. The number of primary amides is 1. The van der Waals surface area contributed by atoms with E-state index >= 15 is 0 Å². The molecule has 21 nitrogen and oxygen atoms in total. The number of anilines is 4. The van der Waals surface area contributed by atoms with Gasteiger partial charge < -0.3 is 65.8 Å². The lowest BCUT2D eigenvalue weighted by atomic mass is 9.68.